The highest BCUT2D eigenvalue weighted by Gasteiger charge is 2.28. The summed E-state index contributed by atoms with van der Waals surface area (Å²) in [5.74, 6) is 0.651. The lowest BCUT2D eigenvalue weighted by molar-refractivity contribution is -0.118. The Morgan fingerprint density at radius 1 is 1.00 bits per heavy atom. The van der Waals surface area contributed by atoms with Crippen molar-refractivity contribution in [1.82, 2.24) is 0 Å². The number of nitrogens with zero attached hydrogens (tertiary/aromatic N) is 2. The van der Waals surface area contributed by atoms with Crippen LogP contribution in [0.15, 0.2) is 89.5 Å². The zero-order valence-electron chi connectivity index (χ0n) is 18.3. The van der Waals surface area contributed by atoms with Crippen LogP contribution in [0.5, 0.6) is 11.5 Å². The van der Waals surface area contributed by atoms with E-state index in [1.165, 1.54) is 5.01 Å². The number of carbonyl (C=O) groups excluding carboxylic acids is 2. The van der Waals surface area contributed by atoms with Gasteiger partial charge in [0.05, 0.1) is 29.8 Å². The lowest BCUT2D eigenvalue weighted by atomic mass is 10.1. The molecule has 33 heavy (non-hydrogen) atoms. The van der Waals surface area contributed by atoms with E-state index in [0.717, 1.165) is 11.3 Å². The number of rotatable bonds is 7. The van der Waals surface area contributed by atoms with Gasteiger partial charge in [-0.15, -0.1) is 0 Å². The first-order valence-corrected chi connectivity index (χ1v) is 10.4. The number of nitrogens with one attached hydrogen (secondary N) is 1. The molecule has 1 aliphatic rings. The van der Waals surface area contributed by atoms with Crippen LogP contribution < -0.4 is 19.8 Å². The third kappa shape index (κ3) is 5.10. The van der Waals surface area contributed by atoms with Crippen LogP contribution in [-0.2, 0) is 9.59 Å². The molecule has 0 saturated heterocycles. The Morgan fingerprint density at radius 3 is 2.42 bits per heavy atom. The molecule has 4 rings (SSSR count). The molecular formula is C26H23N3O4. The Morgan fingerprint density at radius 2 is 1.70 bits per heavy atom. The Kier molecular flexibility index (Phi) is 6.50. The van der Waals surface area contributed by atoms with Gasteiger partial charge in [0.2, 0.25) is 0 Å². The number of benzene rings is 3. The minimum absolute atomic E-state index is 0.144. The number of ether oxygens (including phenoxy) is 2. The molecule has 7 nitrogen and oxygen atoms in total. The van der Waals surface area contributed by atoms with Crippen molar-refractivity contribution in [2.45, 2.75) is 6.92 Å². The minimum Gasteiger partial charge on any atom is -0.495 e. The maximum Gasteiger partial charge on any atom is 0.280 e. The Bertz CT molecular complexity index is 1220. The number of para-hydroxylation sites is 3. The fourth-order valence-corrected chi connectivity index (χ4v) is 3.34. The molecule has 1 N–H and O–H groups in total. The number of methoxy groups -OCH3 is 1. The van der Waals surface area contributed by atoms with Crippen LogP contribution in [0, 0.1) is 0 Å². The van der Waals surface area contributed by atoms with Gasteiger partial charge in [-0.1, -0.05) is 42.5 Å². The summed E-state index contributed by atoms with van der Waals surface area (Å²) in [6.07, 6.45) is 1.79. The summed E-state index contributed by atoms with van der Waals surface area (Å²) in [6.45, 7) is 1.67. The minimum atomic E-state index is -0.296. The maximum atomic E-state index is 12.8. The van der Waals surface area contributed by atoms with E-state index in [4.69, 9.17) is 9.47 Å². The van der Waals surface area contributed by atoms with Crippen LogP contribution in [0.2, 0.25) is 0 Å². The Labute approximate surface area is 191 Å². The summed E-state index contributed by atoms with van der Waals surface area (Å²) in [5, 5.41) is 8.55. The van der Waals surface area contributed by atoms with E-state index in [0.29, 0.717) is 28.5 Å². The van der Waals surface area contributed by atoms with Gasteiger partial charge in [-0.2, -0.15) is 10.1 Å². The van der Waals surface area contributed by atoms with E-state index in [9.17, 15) is 9.59 Å². The molecule has 0 radical (unpaired) electrons. The van der Waals surface area contributed by atoms with Crippen LogP contribution in [0.4, 0.5) is 11.4 Å². The lowest BCUT2D eigenvalue weighted by Crippen LogP contribution is -2.21. The highest BCUT2D eigenvalue weighted by atomic mass is 16.5. The predicted octanol–water partition coefficient (Wildman–Crippen LogP) is 4.52. The number of amides is 2. The molecule has 1 aliphatic heterocycles. The van der Waals surface area contributed by atoms with Gasteiger partial charge in [0, 0.05) is 0 Å². The van der Waals surface area contributed by atoms with E-state index in [-0.39, 0.29) is 18.4 Å². The van der Waals surface area contributed by atoms with Crippen molar-refractivity contribution in [3.63, 3.8) is 0 Å². The normalized spacial score (nSPS) is 14.2. The standard InChI is InChI=1S/C26H23N3O4/c1-18-22(26(31)29(28-18)20-8-4-3-5-9-20)16-19-12-14-21(15-13-19)33-17-25(30)27-23-10-6-7-11-24(23)32-2/h3-16H,17H2,1-2H3,(H,27,30)/b22-16+. The van der Waals surface area contributed by atoms with Gasteiger partial charge in [0.25, 0.3) is 11.8 Å². The van der Waals surface area contributed by atoms with Crippen molar-refractivity contribution < 1.29 is 19.1 Å². The lowest BCUT2D eigenvalue weighted by Gasteiger charge is -2.11. The van der Waals surface area contributed by atoms with E-state index >= 15 is 0 Å². The van der Waals surface area contributed by atoms with Gasteiger partial charge in [0.1, 0.15) is 11.5 Å². The number of hydrazone groups is 1. The molecule has 0 aromatic heterocycles. The first-order valence-electron chi connectivity index (χ1n) is 10.4. The van der Waals surface area contributed by atoms with Gasteiger partial charge < -0.3 is 14.8 Å². The zero-order chi connectivity index (χ0) is 23.2. The second-order valence-corrected chi connectivity index (χ2v) is 7.30. The average Bonchev–Trinajstić information content (AvgIpc) is 3.13. The summed E-state index contributed by atoms with van der Waals surface area (Å²) in [5.41, 5.74) is 3.31. The van der Waals surface area contributed by atoms with Gasteiger partial charge in [-0.05, 0) is 55.0 Å². The molecule has 3 aromatic carbocycles. The fourth-order valence-electron chi connectivity index (χ4n) is 3.34. The summed E-state index contributed by atoms with van der Waals surface area (Å²) in [4.78, 5) is 25.0. The summed E-state index contributed by atoms with van der Waals surface area (Å²) >= 11 is 0. The van der Waals surface area contributed by atoms with Crippen LogP contribution in [0.1, 0.15) is 12.5 Å². The number of hydrogen-bond acceptors (Lipinski definition) is 5. The van der Waals surface area contributed by atoms with Gasteiger partial charge in [-0.25, -0.2) is 0 Å². The molecule has 0 fully saturated rings. The van der Waals surface area contributed by atoms with Crippen molar-refractivity contribution >= 4 is 35.0 Å². The van der Waals surface area contributed by atoms with E-state index in [2.05, 4.69) is 10.4 Å². The highest BCUT2D eigenvalue weighted by Crippen LogP contribution is 2.25. The van der Waals surface area contributed by atoms with Crippen LogP contribution in [-0.4, -0.2) is 31.2 Å². The van der Waals surface area contributed by atoms with E-state index < -0.39 is 0 Å². The van der Waals surface area contributed by atoms with Gasteiger partial charge in [0.15, 0.2) is 6.61 Å². The summed E-state index contributed by atoms with van der Waals surface area (Å²) < 4.78 is 10.8. The molecule has 3 aromatic rings. The van der Waals surface area contributed by atoms with Crippen LogP contribution >= 0.6 is 0 Å². The van der Waals surface area contributed by atoms with Crippen molar-refractivity contribution in [1.29, 1.82) is 0 Å². The highest BCUT2D eigenvalue weighted by molar-refractivity contribution is 6.32. The monoisotopic (exact) mass is 441 g/mol. The van der Waals surface area contributed by atoms with Crippen LogP contribution in [0.25, 0.3) is 6.08 Å². The fraction of sp³-hybridized carbons (Fsp3) is 0.115. The van der Waals surface area contributed by atoms with Crippen molar-refractivity contribution in [3.05, 3.63) is 90.0 Å². The third-order valence-corrected chi connectivity index (χ3v) is 5.01. The average molecular weight is 441 g/mol. The molecule has 166 valence electrons. The smallest absolute Gasteiger partial charge is 0.280 e. The predicted molar refractivity (Wildman–Crippen MR) is 129 cm³/mol. The largest absolute Gasteiger partial charge is 0.495 e. The van der Waals surface area contributed by atoms with Gasteiger partial charge in [-0.3, -0.25) is 9.59 Å². The van der Waals surface area contributed by atoms with Crippen LogP contribution in [0.3, 0.4) is 0 Å². The summed E-state index contributed by atoms with van der Waals surface area (Å²) in [6, 6.07) is 23.6. The quantitative estimate of drug-likeness (QED) is 0.547. The molecule has 0 aliphatic carbocycles. The number of anilines is 2. The molecule has 0 atom stereocenters. The second-order valence-electron chi connectivity index (χ2n) is 7.30. The number of carbonyl (C=O) groups is 2. The molecule has 7 heteroatoms. The molecule has 1 heterocycles. The molecule has 0 unspecified atom stereocenters. The SMILES string of the molecule is COc1ccccc1NC(=O)COc1ccc(/C=C2/C(=O)N(c3ccccc3)N=C2C)cc1. The molecule has 0 saturated carbocycles. The van der Waals surface area contributed by atoms with Crippen molar-refractivity contribution in [2.75, 3.05) is 24.0 Å². The second kappa shape index (κ2) is 9.82. The van der Waals surface area contributed by atoms with Crippen molar-refractivity contribution in [3.8, 4) is 11.5 Å². The van der Waals surface area contributed by atoms with Gasteiger partial charge >= 0.3 is 0 Å². The zero-order valence-corrected chi connectivity index (χ0v) is 18.3. The molecular weight excluding hydrogens is 418 g/mol. The molecule has 2 amide bonds. The van der Waals surface area contributed by atoms with E-state index in [1.807, 2.05) is 61.5 Å². The first kappa shape index (κ1) is 21.8. The first-order chi connectivity index (χ1) is 16.0. The third-order valence-electron chi connectivity index (χ3n) is 5.01. The van der Waals surface area contributed by atoms with Crippen molar-refractivity contribution in [2.24, 2.45) is 5.10 Å². The topological polar surface area (TPSA) is 80.2 Å². The van der Waals surface area contributed by atoms with E-state index in [1.54, 1.807) is 37.5 Å². The maximum absolute atomic E-state index is 12.8. The molecule has 0 spiro atoms. The Balaban J connectivity index is 1.37. The number of hydrogen-bond donors (Lipinski definition) is 1. The molecule has 0 bridgehead atoms. The Hall–Kier alpha value is -4.39. The summed E-state index contributed by atoms with van der Waals surface area (Å²) in [7, 11) is 1.55.